The van der Waals surface area contributed by atoms with Crippen LogP contribution in [0.2, 0.25) is 0 Å². The summed E-state index contributed by atoms with van der Waals surface area (Å²) in [7, 11) is 0. The SMILES string of the molecule is C[C@H](Nc1nc(C(=O)N2CC(NC(=O)c3cccc(C(F)(F)F)c3)C2)c2sccc2n1)c1cncc(F)c1. The van der Waals surface area contributed by atoms with Crippen molar-refractivity contribution in [2.24, 2.45) is 0 Å². The van der Waals surface area contributed by atoms with Crippen LogP contribution < -0.4 is 10.6 Å². The third-order valence-electron chi connectivity index (χ3n) is 6.03. The predicted octanol–water partition coefficient (Wildman–Crippen LogP) is 4.67. The lowest BCUT2D eigenvalue weighted by Gasteiger charge is -2.39. The van der Waals surface area contributed by atoms with Gasteiger partial charge in [-0.1, -0.05) is 6.07 Å². The first-order valence-corrected chi connectivity index (χ1v) is 12.4. The second-order valence-corrected chi connectivity index (χ2v) is 9.71. The Kier molecular flexibility index (Phi) is 6.69. The second-order valence-electron chi connectivity index (χ2n) is 8.79. The molecule has 0 spiro atoms. The number of alkyl halides is 3. The average molecular weight is 545 g/mol. The van der Waals surface area contributed by atoms with Gasteiger partial charge in [0.05, 0.1) is 34.1 Å². The number of nitrogens with zero attached hydrogens (tertiary/aromatic N) is 4. The van der Waals surface area contributed by atoms with Crippen molar-refractivity contribution in [2.45, 2.75) is 25.2 Å². The summed E-state index contributed by atoms with van der Waals surface area (Å²) in [4.78, 5) is 39.9. The van der Waals surface area contributed by atoms with E-state index in [0.29, 0.717) is 15.8 Å². The van der Waals surface area contributed by atoms with E-state index in [-0.39, 0.29) is 36.2 Å². The molecule has 196 valence electrons. The smallest absolute Gasteiger partial charge is 0.348 e. The maximum atomic E-state index is 13.6. The monoisotopic (exact) mass is 544 g/mol. The van der Waals surface area contributed by atoms with Crippen LogP contribution >= 0.6 is 11.3 Å². The minimum atomic E-state index is -4.56. The number of nitrogens with one attached hydrogen (secondary N) is 2. The minimum absolute atomic E-state index is 0.112. The second kappa shape index (κ2) is 9.97. The number of carbonyl (C=O) groups excluding carboxylic acids is 2. The number of pyridine rings is 1. The predicted molar refractivity (Wildman–Crippen MR) is 132 cm³/mol. The zero-order chi connectivity index (χ0) is 27.0. The third-order valence-corrected chi connectivity index (χ3v) is 6.94. The van der Waals surface area contributed by atoms with Crippen molar-refractivity contribution in [2.75, 3.05) is 18.4 Å². The zero-order valence-electron chi connectivity index (χ0n) is 19.8. The minimum Gasteiger partial charge on any atom is -0.348 e. The summed E-state index contributed by atoms with van der Waals surface area (Å²) >= 11 is 1.31. The molecule has 1 aliphatic rings. The van der Waals surface area contributed by atoms with Gasteiger partial charge in [-0.15, -0.1) is 11.3 Å². The van der Waals surface area contributed by atoms with Crippen molar-refractivity contribution in [3.63, 3.8) is 0 Å². The van der Waals surface area contributed by atoms with Crippen LogP contribution in [0.15, 0.2) is 54.2 Å². The van der Waals surface area contributed by atoms with Gasteiger partial charge in [-0.25, -0.2) is 14.4 Å². The molecule has 2 N–H and O–H groups in total. The Bertz CT molecular complexity index is 1520. The molecule has 1 atom stereocenters. The van der Waals surface area contributed by atoms with Gasteiger partial charge in [0.15, 0.2) is 5.69 Å². The number of fused-ring (bicyclic) bond motifs is 1. The van der Waals surface area contributed by atoms with Gasteiger partial charge in [-0.3, -0.25) is 14.6 Å². The first kappa shape index (κ1) is 25.5. The molecular formula is C25H20F4N6O2S. The highest BCUT2D eigenvalue weighted by molar-refractivity contribution is 7.17. The van der Waals surface area contributed by atoms with Gasteiger partial charge >= 0.3 is 6.18 Å². The summed E-state index contributed by atoms with van der Waals surface area (Å²) in [6, 6.07) is 6.45. The molecule has 0 bridgehead atoms. The molecular weight excluding hydrogens is 524 g/mol. The highest BCUT2D eigenvalue weighted by Gasteiger charge is 2.35. The standard InChI is InChI=1S/C25H20F4N6O2S/c1-13(15-8-17(26)10-30-9-15)31-24-33-19-5-6-38-21(19)20(34-24)23(37)35-11-18(12-35)32-22(36)14-3-2-4-16(7-14)25(27,28)29/h2-10,13,18H,11-12H2,1H3,(H,32,36)(H,31,33,34)/t13-/m0/s1. The molecule has 13 heteroatoms. The van der Waals surface area contributed by atoms with E-state index in [0.717, 1.165) is 18.3 Å². The van der Waals surface area contributed by atoms with E-state index >= 15 is 0 Å². The van der Waals surface area contributed by atoms with Gasteiger partial charge < -0.3 is 15.5 Å². The molecule has 1 saturated heterocycles. The van der Waals surface area contributed by atoms with Gasteiger partial charge in [0.1, 0.15) is 5.82 Å². The Balaban J connectivity index is 1.26. The van der Waals surface area contributed by atoms with Crippen LogP contribution in [0, 0.1) is 5.82 Å². The van der Waals surface area contributed by atoms with E-state index < -0.39 is 35.5 Å². The van der Waals surface area contributed by atoms with Crippen LogP contribution in [-0.2, 0) is 6.18 Å². The number of amides is 2. The van der Waals surface area contributed by atoms with Crippen molar-refractivity contribution in [1.29, 1.82) is 0 Å². The number of aromatic nitrogens is 3. The number of thiophene rings is 1. The molecule has 0 aliphatic carbocycles. The van der Waals surface area contributed by atoms with Crippen LogP contribution in [0.5, 0.6) is 0 Å². The van der Waals surface area contributed by atoms with Gasteiger partial charge in [0, 0.05) is 24.8 Å². The molecule has 3 aromatic heterocycles. The Hall–Kier alpha value is -4.13. The topological polar surface area (TPSA) is 100 Å². The lowest BCUT2D eigenvalue weighted by Crippen LogP contribution is -2.61. The van der Waals surface area contributed by atoms with Crippen LogP contribution in [-0.4, -0.2) is 50.8 Å². The van der Waals surface area contributed by atoms with Crippen molar-refractivity contribution in [3.8, 4) is 0 Å². The fraction of sp³-hybridized carbons (Fsp3) is 0.240. The Labute approximate surface area is 217 Å². The van der Waals surface area contributed by atoms with Crippen molar-refractivity contribution < 1.29 is 27.2 Å². The summed E-state index contributed by atoms with van der Waals surface area (Å²) in [5, 5.41) is 7.52. The van der Waals surface area contributed by atoms with Gasteiger partial charge in [0.2, 0.25) is 5.95 Å². The van der Waals surface area contributed by atoms with E-state index in [9.17, 15) is 27.2 Å². The molecule has 1 aromatic carbocycles. The molecule has 8 nitrogen and oxygen atoms in total. The number of carbonyl (C=O) groups is 2. The van der Waals surface area contributed by atoms with Crippen LogP contribution in [0.1, 0.15) is 44.9 Å². The van der Waals surface area contributed by atoms with E-state index in [2.05, 4.69) is 25.6 Å². The Morgan fingerprint density at radius 3 is 2.66 bits per heavy atom. The molecule has 2 amide bonds. The largest absolute Gasteiger partial charge is 0.416 e. The Morgan fingerprint density at radius 2 is 1.92 bits per heavy atom. The lowest BCUT2D eigenvalue weighted by atomic mass is 10.1. The summed E-state index contributed by atoms with van der Waals surface area (Å²) in [6.45, 7) is 2.13. The number of benzene rings is 1. The third kappa shape index (κ3) is 5.28. The highest BCUT2D eigenvalue weighted by Crippen LogP contribution is 2.30. The summed E-state index contributed by atoms with van der Waals surface area (Å²) < 4.78 is 53.0. The average Bonchev–Trinajstić information content (AvgIpc) is 3.33. The van der Waals surface area contributed by atoms with Crippen molar-refractivity contribution >= 4 is 39.3 Å². The van der Waals surface area contributed by atoms with Gasteiger partial charge in [-0.05, 0) is 48.2 Å². The number of likely N-dealkylation sites (tertiary alicyclic amines) is 1. The Morgan fingerprint density at radius 1 is 1.13 bits per heavy atom. The first-order valence-electron chi connectivity index (χ1n) is 11.5. The molecule has 1 aliphatic heterocycles. The molecule has 4 aromatic rings. The van der Waals surface area contributed by atoms with E-state index in [1.165, 1.54) is 40.6 Å². The van der Waals surface area contributed by atoms with E-state index in [4.69, 9.17) is 0 Å². The van der Waals surface area contributed by atoms with Crippen LogP contribution in [0.3, 0.4) is 0 Å². The molecule has 1 fully saturated rings. The quantitative estimate of drug-likeness (QED) is 0.342. The summed E-state index contributed by atoms with van der Waals surface area (Å²) in [5.74, 6) is -1.31. The van der Waals surface area contributed by atoms with Gasteiger partial charge in [0.25, 0.3) is 11.8 Å². The van der Waals surface area contributed by atoms with E-state index in [1.807, 2.05) is 0 Å². The molecule has 38 heavy (non-hydrogen) atoms. The normalized spacial score (nSPS) is 14.7. The number of hydrogen-bond donors (Lipinski definition) is 2. The number of halogens is 4. The van der Waals surface area contributed by atoms with Crippen LogP contribution in [0.4, 0.5) is 23.5 Å². The van der Waals surface area contributed by atoms with Crippen molar-refractivity contribution in [1.82, 2.24) is 25.2 Å². The van der Waals surface area contributed by atoms with Crippen LogP contribution in [0.25, 0.3) is 10.2 Å². The molecule has 0 unspecified atom stereocenters. The molecule has 0 saturated carbocycles. The molecule has 5 rings (SSSR count). The molecule has 0 radical (unpaired) electrons. The van der Waals surface area contributed by atoms with E-state index in [1.54, 1.807) is 18.4 Å². The number of anilines is 1. The first-order chi connectivity index (χ1) is 18.1. The lowest BCUT2D eigenvalue weighted by molar-refractivity contribution is -0.137. The van der Waals surface area contributed by atoms with Crippen molar-refractivity contribution in [3.05, 3.63) is 82.4 Å². The zero-order valence-corrected chi connectivity index (χ0v) is 20.6. The fourth-order valence-electron chi connectivity index (χ4n) is 4.01. The maximum absolute atomic E-state index is 13.6. The highest BCUT2D eigenvalue weighted by atomic mass is 32.1. The number of hydrogen-bond acceptors (Lipinski definition) is 7. The molecule has 4 heterocycles. The summed E-state index contributed by atoms with van der Waals surface area (Å²) in [5.41, 5.74) is 0.301. The maximum Gasteiger partial charge on any atom is 0.416 e. The fourth-order valence-corrected chi connectivity index (χ4v) is 4.82. The number of rotatable bonds is 6. The summed E-state index contributed by atoms with van der Waals surface area (Å²) in [6.07, 6.45) is -1.94. The van der Waals surface area contributed by atoms with Gasteiger partial charge in [-0.2, -0.15) is 13.2 Å².